The van der Waals surface area contributed by atoms with E-state index in [2.05, 4.69) is 106 Å². The average Bonchev–Trinajstić information content (AvgIpc) is 2.62. The molecule has 166 valence electrons. The molecule has 0 amide bonds. The molecule has 0 atom stereocenters. The third-order valence-corrected chi connectivity index (χ3v) is 5.05. The minimum absolute atomic E-state index is 0.0462. The quantitative estimate of drug-likeness (QED) is 0.460. The lowest BCUT2D eigenvalue weighted by molar-refractivity contribution is 0.270. The molecule has 0 unspecified atom stereocenters. The molecule has 0 bridgehead atoms. The Hall–Kier alpha value is -1.96. The Morgan fingerprint density at radius 1 is 0.567 bits per heavy atom. The van der Waals surface area contributed by atoms with Crippen molar-refractivity contribution in [3.63, 3.8) is 0 Å². The van der Waals surface area contributed by atoms with Gasteiger partial charge in [0.15, 0.2) is 0 Å². The Morgan fingerprint density at radius 3 is 1.17 bits per heavy atom. The van der Waals surface area contributed by atoms with E-state index in [0.717, 1.165) is 24.7 Å². The zero-order valence-corrected chi connectivity index (χ0v) is 20.8. The summed E-state index contributed by atoms with van der Waals surface area (Å²) >= 11 is 0. The van der Waals surface area contributed by atoms with Crippen LogP contribution in [0.25, 0.3) is 11.1 Å². The highest BCUT2D eigenvalue weighted by atomic mass is 16.5. The molecule has 0 aromatic heterocycles. The fourth-order valence-electron chi connectivity index (χ4n) is 3.09. The van der Waals surface area contributed by atoms with Crippen molar-refractivity contribution in [3.8, 4) is 22.6 Å². The molecule has 0 heterocycles. The van der Waals surface area contributed by atoms with Gasteiger partial charge in [-0.25, -0.2) is 0 Å². The maximum absolute atomic E-state index is 6.14. The normalized spacial score (nSPS) is 12.5. The Labute approximate surface area is 185 Å². The molecule has 0 aliphatic carbocycles. The van der Waals surface area contributed by atoms with Crippen LogP contribution in [0.2, 0.25) is 0 Å². The molecule has 0 spiro atoms. The third kappa shape index (κ3) is 7.07. The van der Waals surface area contributed by atoms with E-state index >= 15 is 0 Å². The van der Waals surface area contributed by atoms with E-state index in [0.29, 0.717) is 11.8 Å². The van der Waals surface area contributed by atoms with E-state index in [9.17, 15) is 0 Å². The topological polar surface area (TPSA) is 18.5 Å². The van der Waals surface area contributed by atoms with Crippen molar-refractivity contribution < 1.29 is 9.47 Å². The second-order valence-electron chi connectivity index (χ2n) is 11.4. The molecular weight excluding hydrogens is 368 g/mol. The van der Waals surface area contributed by atoms with Crippen LogP contribution in [0.1, 0.15) is 80.4 Å². The molecule has 0 fully saturated rings. The Balaban J connectivity index is 2.59. The molecule has 0 aliphatic heterocycles. The van der Waals surface area contributed by atoms with E-state index in [-0.39, 0.29) is 10.8 Å². The molecule has 2 rings (SSSR count). The Bertz CT molecular complexity index is 761. The summed E-state index contributed by atoms with van der Waals surface area (Å²) in [5, 5.41) is 0. The second-order valence-corrected chi connectivity index (χ2v) is 11.4. The first-order valence-corrected chi connectivity index (χ1v) is 11.3. The van der Waals surface area contributed by atoms with Gasteiger partial charge in [-0.15, -0.1) is 0 Å². The van der Waals surface area contributed by atoms with Crippen LogP contribution in [0, 0.1) is 11.8 Å². The van der Waals surface area contributed by atoms with Crippen LogP contribution in [-0.4, -0.2) is 13.2 Å². The van der Waals surface area contributed by atoms with Crippen LogP contribution in [0.15, 0.2) is 36.4 Å². The number of rotatable bonds is 7. The molecule has 2 heteroatoms. The minimum atomic E-state index is 0.0462. The predicted molar refractivity (Wildman–Crippen MR) is 130 cm³/mol. The summed E-state index contributed by atoms with van der Waals surface area (Å²) in [5.41, 5.74) is 5.02. The zero-order valence-electron chi connectivity index (χ0n) is 20.8. The standard InChI is InChI=1S/C28H42O2/c1-19(2)17-29-25-13-21(11-23(15-25)27(5,6)7)22-12-24(28(8,9)10)16-26(14-22)30-18-20(3)4/h11-16,19-20H,17-18H2,1-10H3. The summed E-state index contributed by atoms with van der Waals surface area (Å²) in [6.07, 6.45) is 0. The molecule has 0 saturated heterocycles. The van der Waals surface area contributed by atoms with E-state index < -0.39 is 0 Å². The highest BCUT2D eigenvalue weighted by molar-refractivity contribution is 5.69. The maximum atomic E-state index is 6.14. The van der Waals surface area contributed by atoms with Crippen LogP contribution < -0.4 is 9.47 Å². The van der Waals surface area contributed by atoms with Gasteiger partial charge in [-0.1, -0.05) is 81.4 Å². The average molecular weight is 411 g/mol. The highest BCUT2D eigenvalue weighted by Crippen LogP contribution is 2.36. The maximum Gasteiger partial charge on any atom is 0.120 e. The van der Waals surface area contributed by atoms with Gasteiger partial charge < -0.3 is 9.47 Å². The number of hydrogen-bond acceptors (Lipinski definition) is 2. The smallest absolute Gasteiger partial charge is 0.120 e. The van der Waals surface area contributed by atoms with E-state index in [1.807, 2.05) is 0 Å². The Kier molecular flexibility index (Phi) is 7.66. The summed E-state index contributed by atoms with van der Waals surface area (Å²) < 4.78 is 12.3. The van der Waals surface area contributed by atoms with Crippen LogP contribution in [0.5, 0.6) is 11.5 Å². The summed E-state index contributed by atoms with van der Waals surface area (Å²) in [7, 11) is 0. The Morgan fingerprint density at radius 2 is 0.900 bits per heavy atom. The third-order valence-electron chi connectivity index (χ3n) is 5.05. The van der Waals surface area contributed by atoms with Gasteiger partial charge in [-0.2, -0.15) is 0 Å². The molecule has 2 nitrogen and oxygen atoms in total. The largest absolute Gasteiger partial charge is 0.493 e. The van der Waals surface area contributed by atoms with Gasteiger partial charge in [0.05, 0.1) is 13.2 Å². The van der Waals surface area contributed by atoms with Crippen molar-refractivity contribution in [2.45, 2.75) is 80.1 Å². The van der Waals surface area contributed by atoms with Gasteiger partial charge in [0.25, 0.3) is 0 Å². The fourth-order valence-corrected chi connectivity index (χ4v) is 3.09. The SMILES string of the molecule is CC(C)COc1cc(-c2cc(OCC(C)C)cc(C(C)(C)C)c2)cc(C(C)(C)C)c1. The summed E-state index contributed by atoms with van der Waals surface area (Å²) in [4.78, 5) is 0. The molecule has 0 aliphatic rings. The molecule has 0 N–H and O–H groups in total. The van der Waals surface area contributed by atoms with Crippen molar-refractivity contribution in [3.05, 3.63) is 47.5 Å². The van der Waals surface area contributed by atoms with Gasteiger partial charge >= 0.3 is 0 Å². The van der Waals surface area contributed by atoms with Gasteiger partial charge in [-0.3, -0.25) is 0 Å². The van der Waals surface area contributed by atoms with Crippen molar-refractivity contribution >= 4 is 0 Å². The van der Waals surface area contributed by atoms with Crippen LogP contribution in [-0.2, 0) is 10.8 Å². The number of benzene rings is 2. The van der Waals surface area contributed by atoms with Crippen molar-refractivity contribution in [1.29, 1.82) is 0 Å². The fraction of sp³-hybridized carbons (Fsp3) is 0.571. The second kappa shape index (κ2) is 9.45. The molecule has 0 radical (unpaired) electrons. The number of ether oxygens (including phenoxy) is 2. The molecule has 0 saturated carbocycles. The molecule has 30 heavy (non-hydrogen) atoms. The summed E-state index contributed by atoms with van der Waals surface area (Å²) in [6, 6.07) is 13.3. The van der Waals surface area contributed by atoms with Crippen LogP contribution in [0.4, 0.5) is 0 Å². The van der Waals surface area contributed by atoms with Crippen molar-refractivity contribution in [2.75, 3.05) is 13.2 Å². The zero-order chi connectivity index (χ0) is 22.7. The van der Waals surface area contributed by atoms with Gasteiger partial charge in [0.1, 0.15) is 11.5 Å². The molecule has 2 aromatic carbocycles. The lowest BCUT2D eigenvalue weighted by atomic mass is 9.83. The lowest BCUT2D eigenvalue weighted by Gasteiger charge is -2.24. The lowest BCUT2D eigenvalue weighted by Crippen LogP contribution is -2.13. The van der Waals surface area contributed by atoms with Gasteiger partial charge in [0, 0.05) is 0 Å². The van der Waals surface area contributed by atoms with E-state index in [1.165, 1.54) is 22.3 Å². The summed E-state index contributed by atoms with van der Waals surface area (Å²) in [5.74, 6) is 2.87. The highest BCUT2D eigenvalue weighted by Gasteiger charge is 2.20. The van der Waals surface area contributed by atoms with Crippen LogP contribution >= 0.6 is 0 Å². The van der Waals surface area contributed by atoms with Crippen LogP contribution in [0.3, 0.4) is 0 Å². The molecular formula is C28H42O2. The number of hydrogen-bond donors (Lipinski definition) is 0. The van der Waals surface area contributed by atoms with Gasteiger partial charge in [-0.05, 0) is 69.2 Å². The van der Waals surface area contributed by atoms with E-state index in [4.69, 9.17) is 9.47 Å². The first-order chi connectivity index (χ1) is 13.8. The first-order valence-electron chi connectivity index (χ1n) is 11.3. The van der Waals surface area contributed by atoms with E-state index in [1.54, 1.807) is 0 Å². The molecule has 2 aromatic rings. The van der Waals surface area contributed by atoms with Crippen molar-refractivity contribution in [2.24, 2.45) is 11.8 Å². The van der Waals surface area contributed by atoms with Gasteiger partial charge in [0.2, 0.25) is 0 Å². The monoisotopic (exact) mass is 410 g/mol. The first kappa shape index (κ1) is 24.3. The minimum Gasteiger partial charge on any atom is -0.493 e. The van der Waals surface area contributed by atoms with Crippen molar-refractivity contribution in [1.82, 2.24) is 0 Å². The predicted octanol–water partition coefficient (Wildman–Crippen LogP) is 8.02. The summed E-state index contributed by atoms with van der Waals surface area (Å²) in [6.45, 7) is 23.7.